The molecule has 37 heavy (non-hydrogen) atoms. The summed E-state index contributed by atoms with van der Waals surface area (Å²) in [5.74, 6) is -0.808. The number of halogens is 1. The van der Waals surface area contributed by atoms with Crippen molar-refractivity contribution in [1.29, 1.82) is 0 Å². The molecule has 1 aliphatic carbocycles. The van der Waals surface area contributed by atoms with Gasteiger partial charge >= 0.3 is 6.03 Å². The number of aromatic nitrogens is 1. The second-order valence-electron chi connectivity index (χ2n) is 9.50. The van der Waals surface area contributed by atoms with Gasteiger partial charge in [0.05, 0.1) is 0 Å². The number of benzene rings is 2. The number of carbonyl (C=O) groups excluding carboxylic acids is 3. The molecule has 3 aromatic rings. The zero-order valence-electron chi connectivity index (χ0n) is 20.8. The summed E-state index contributed by atoms with van der Waals surface area (Å²) >= 11 is 0. The zero-order valence-corrected chi connectivity index (χ0v) is 20.8. The Balaban J connectivity index is 1.36. The molecular weight excluding hydrogens is 473 g/mol. The van der Waals surface area contributed by atoms with Crippen LogP contribution in [0.1, 0.15) is 48.2 Å². The summed E-state index contributed by atoms with van der Waals surface area (Å²) in [5.41, 5.74) is 4.25. The lowest BCUT2D eigenvalue weighted by atomic mass is 10.1. The summed E-state index contributed by atoms with van der Waals surface area (Å²) in [6.45, 7) is 4.20. The van der Waals surface area contributed by atoms with Gasteiger partial charge in [-0.25, -0.2) is 9.18 Å². The maximum Gasteiger partial charge on any atom is 0.331 e. The molecule has 1 aliphatic heterocycles. The van der Waals surface area contributed by atoms with Gasteiger partial charge in [-0.15, -0.1) is 0 Å². The smallest absolute Gasteiger partial charge is 0.331 e. The van der Waals surface area contributed by atoms with E-state index in [2.05, 4.69) is 5.32 Å². The molecule has 190 valence electrons. The summed E-state index contributed by atoms with van der Waals surface area (Å²) in [7, 11) is 0. The Labute approximate surface area is 214 Å². The average Bonchev–Trinajstić information content (AvgIpc) is 3.49. The van der Waals surface area contributed by atoms with E-state index in [4.69, 9.17) is 4.74 Å². The molecule has 0 spiro atoms. The largest absolute Gasteiger partial charge is 0.489 e. The summed E-state index contributed by atoms with van der Waals surface area (Å²) in [4.78, 5) is 39.4. The summed E-state index contributed by atoms with van der Waals surface area (Å²) < 4.78 is 20.9. The lowest BCUT2D eigenvalue weighted by molar-refractivity contribution is -0.131. The first-order chi connectivity index (χ1) is 17.8. The van der Waals surface area contributed by atoms with Crippen LogP contribution >= 0.6 is 0 Å². The molecule has 0 atom stereocenters. The van der Waals surface area contributed by atoms with Crippen LogP contribution < -0.4 is 10.1 Å². The molecule has 1 aromatic heterocycles. The van der Waals surface area contributed by atoms with Crippen LogP contribution in [0.15, 0.2) is 60.2 Å². The van der Waals surface area contributed by atoms with Crippen molar-refractivity contribution in [1.82, 2.24) is 14.8 Å². The maximum atomic E-state index is 13.2. The normalized spacial score (nSPS) is 17.5. The number of nitrogens with one attached hydrogen (secondary N) is 1. The molecule has 0 bridgehead atoms. The summed E-state index contributed by atoms with van der Waals surface area (Å²) in [6, 6.07) is 14.9. The van der Waals surface area contributed by atoms with Gasteiger partial charge in [0.25, 0.3) is 11.8 Å². The van der Waals surface area contributed by atoms with Crippen molar-refractivity contribution in [3.05, 3.63) is 88.5 Å². The molecule has 2 fully saturated rings. The van der Waals surface area contributed by atoms with Gasteiger partial charge in [-0.05, 0) is 86.4 Å². The Hall–Kier alpha value is -4.20. The van der Waals surface area contributed by atoms with Crippen molar-refractivity contribution in [3.63, 3.8) is 0 Å². The van der Waals surface area contributed by atoms with Crippen molar-refractivity contribution < 1.29 is 23.5 Å². The molecule has 1 N–H and O–H groups in total. The van der Waals surface area contributed by atoms with E-state index in [-0.39, 0.29) is 17.4 Å². The number of nitrogens with zero attached hydrogens (tertiary/aromatic N) is 2. The van der Waals surface area contributed by atoms with Gasteiger partial charge in [-0.1, -0.05) is 25.0 Å². The van der Waals surface area contributed by atoms with Gasteiger partial charge in [0.1, 0.15) is 23.7 Å². The third-order valence-corrected chi connectivity index (χ3v) is 7.01. The Bertz CT molecular complexity index is 1380. The minimum Gasteiger partial charge on any atom is -0.489 e. The molecule has 1 saturated carbocycles. The highest BCUT2D eigenvalue weighted by atomic mass is 19.1. The number of imide groups is 2. The standard InChI is InChI=1S/C29H28FN3O4/c1-18-15-21(16-26-27(34)31-29(36)33(28(26)35)23-5-3-4-6-23)19(2)32(18)24-11-13-25(14-12-24)37-17-20-7-9-22(30)10-8-20/h7-16,23H,3-6,17H2,1-2H3,(H,31,34,36)/b26-16+. The fourth-order valence-corrected chi connectivity index (χ4v) is 5.09. The first kappa shape index (κ1) is 24.5. The van der Waals surface area contributed by atoms with Crippen LogP contribution in [0.25, 0.3) is 11.8 Å². The molecule has 2 aromatic carbocycles. The van der Waals surface area contributed by atoms with Crippen LogP contribution in [0.3, 0.4) is 0 Å². The predicted molar refractivity (Wildman–Crippen MR) is 137 cm³/mol. The van der Waals surface area contributed by atoms with Crippen molar-refractivity contribution in [2.45, 2.75) is 52.2 Å². The molecule has 5 rings (SSSR count). The Morgan fingerprint density at radius 1 is 1.00 bits per heavy atom. The van der Waals surface area contributed by atoms with Crippen LogP contribution in [0.2, 0.25) is 0 Å². The highest BCUT2D eigenvalue weighted by molar-refractivity contribution is 6.31. The van der Waals surface area contributed by atoms with Crippen LogP contribution in [-0.4, -0.2) is 33.4 Å². The van der Waals surface area contributed by atoms with Crippen molar-refractivity contribution in [3.8, 4) is 11.4 Å². The van der Waals surface area contributed by atoms with Gasteiger partial charge in [0.2, 0.25) is 0 Å². The number of urea groups is 1. The molecule has 8 heteroatoms. The van der Waals surface area contributed by atoms with E-state index >= 15 is 0 Å². The molecule has 4 amide bonds. The quantitative estimate of drug-likeness (QED) is 0.371. The molecular formula is C29H28FN3O4. The van der Waals surface area contributed by atoms with E-state index in [1.165, 1.54) is 17.0 Å². The molecule has 0 unspecified atom stereocenters. The van der Waals surface area contributed by atoms with E-state index in [0.29, 0.717) is 12.4 Å². The number of hydrogen-bond donors (Lipinski definition) is 1. The first-order valence-electron chi connectivity index (χ1n) is 12.4. The van der Waals surface area contributed by atoms with Crippen LogP contribution in [0.5, 0.6) is 5.75 Å². The van der Waals surface area contributed by atoms with E-state index < -0.39 is 17.8 Å². The zero-order chi connectivity index (χ0) is 26.1. The third kappa shape index (κ3) is 4.91. The number of amides is 4. The number of hydrogen-bond acceptors (Lipinski definition) is 4. The fourth-order valence-electron chi connectivity index (χ4n) is 5.09. The van der Waals surface area contributed by atoms with Gasteiger partial charge in [-0.3, -0.25) is 19.8 Å². The molecule has 2 heterocycles. The Morgan fingerprint density at radius 2 is 1.68 bits per heavy atom. The lowest BCUT2D eigenvalue weighted by Crippen LogP contribution is -2.57. The molecule has 1 saturated heterocycles. The number of barbiturate groups is 1. The minimum absolute atomic E-state index is 0.0312. The first-order valence-corrected chi connectivity index (χ1v) is 12.4. The van der Waals surface area contributed by atoms with Crippen molar-refractivity contribution in [2.75, 3.05) is 0 Å². The monoisotopic (exact) mass is 501 g/mol. The highest BCUT2D eigenvalue weighted by Crippen LogP contribution is 2.29. The number of ether oxygens (including phenoxy) is 1. The number of aryl methyl sites for hydroxylation is 1. The van der Waals surface area contributed by atoms with Crippen LogP contribution in [0, 0.1) is 19.7 Å². The Morgan fingerprint density at radius 3 is 2.35 bits per heavy atom. The van der Waals surface area contributed by atoms with Crippen molar-refractivity contribution >= 4 is 23.9 Å². The topological polar surface area (TPSA) is 80.6 Å². The van der Waals surface area contributed by atoms with Gasteiger partial charge < -0.3 is 9.30 Å². The molecule has 7 nitrogen and oxygen atoms in total. The minimum atomic E-state index is -0.670. The van der Waals surface area contributed by atoms with E-state index in [1.54, 1.807) is 18.2 Å². The Kier molecular flexibility index (Phi) is 6.65. The van der Waals surface area contributed by atoms with E-state index in [1.807, 2.05) is 48.7 Å². The third-order valence-electron chi connectivity index (χ3n) is 7.01. The fraction of sp³-hybridized carbons (Fsp3) is 0.276. The van der Waals surface area contributed by atoms with Crippen LogP contribution in [-0.2, 0) is 16.2 Å². The van der Waals surface area contributed by atoms with E-state index in [0.717, 1.165) is 53.9 Å². The highest BCUT2D eigenvalue weighted by Gasteiger charge is 2.40. The number of rotatable bonds is 6. The van der Waals surface area contributed by atoms with E-state index in [9.17, 15) is 18.8 Å². The molecule has 2 aliphatic rings. The second kappa shape index (κ2) is 10.0. The molecule has 0 radical (unpaired) electrons. The summed E-state index contributed by atoms with van der Waals surface area (Å²) in [6.07, 6.45) is 5.03. The number of carbonyl (C=O) groups is 3. The summed E-state index contributed by atoms with van der Waals surface area (Å²) in [5, 5.41) is 2.33. The second-order valence-corrected chi connectivity index (χ2v) is 9.50. The van der Waals surface area contributed by atoms with Crippen LogP contribution in [0.4, 0.5) is 9.18 Å². The average molecular weight is 502 g/mol. The van der Waals surface area contributed by atoms with Crippen molar-refractivity contribution in [2.24, 2.45) is 0 Å². The SMILES string of the molecule is Cc1cc(/C=C2\C(=O)NC(=O)N(C3CCCC3)C2=O)c(C)n1-c1ccc(OCc2ccc(F)cc2)cc1. The van der Waals surface area contributed by atoms with Gasteiger partial charge in [-0.2, -0.15) is 0 Å². The lowest BCUT2D eigenvalue weighted by Gasteiger charge is -2.31. The van der Waals surface area contributed by atoms with Gasteiger partial charge in [0.15, 0.2) is 0 Å². The van der Waals surface area contributed by atoms with Gasteiger partial charge in [0, 0.05) is 23.1 Å². The maximum absolute atomic E-state index is 13.2. The predicted octanol–water partition coefficient (Wildman–Crippen LogP) is 5.22.